The van der Waals surface area contributed by atoms with Gasteiger partial charge in [0, 0.05) is 0 Å². The van der Waals surface area contributed by atoms with Crippen molar-refractivity contribution >= 4 is 23.3 Å². The van der Waals surface area contributed by atoms with Gasteiger partial charge in [-0.2, -0.15) is 0 Å². The number of hydrogen-bond donors (Lipinski definition) is 0. The Bertz CT molecular complexity index is 691. The van der Waals surface area contributed by atoms with Gasteiger partial charge in [-0.25, -0.2) is 4.39 Å². The maximum absolute atomic E-state index is 13.1. The van der Waals surface area contributed by atoms with Crippen LogP contribution in [0.1, 0.15) is 23.1 Å². The summed E-state index contributed by atoms with van der Waals surface area (Å²) in [5.74, 6) is 0.570. The number of benzene rings is 2. The van der Waals surface area contributed by atoms with E-state index >= 15 is 0 Å². The average Bonchev–Trinajstić information content (AvgIpc) is 2.46. The number of rotatable bonds is 2. The molecule has 0 aliphatic heterocycles. The molecular formula is C17H14ClFO. The standard InChI is InChI=1S/C17H14ClFO/c1-20-15-6-4-11-8-13(3-2-12(11)9-15)16-7-5-14(19)10-17(16)18/h4-10H,2-3H2,1H3. The van der Waals surface area contributed by atoms with Gasteiger partial charge >= 0.3 is 0 Å². The van der Waals surface area contributed by atoms with E-state index in [1.54, 1.807) is 13.2 Å². The van der Waals surface area contributed by atoms with Crippen molar-refractivity contribution in [2.45, 2.75) is 12.8 Å². The van der Waals surface area contributed by atoms with E-state index in [0.29, 0.717) is 5.02 Å². The zero-order valence-electron chi connectivity index (χ0n) is 11.1. The molecule has 3 heteroatoms. The van der Waals surface area contributed by atoms with Gasteiger partial charge in [0.2, 0.25) is 0 Å². The first-order valence-electron chi connectivity index (χ1n) is 6.50. The molecular weight excluding hydrogens is 275 g/mol. The van der Waals surface area contributed by atoms with E-state index in [1.807, 2.05) is 12.1 Å². The Hall–Kier alpha value is -1.80. The maximum Gasteiger partial charge on any atom is 0.124 e. The molecule has 0 N–H and O–H groups in total. The van der Waals surface area contributed by atoms with Crippen LogP contribution in [0.4, 0.5) is 4.39 Å². The fourth-order valence-corrected chi connectivity index (χ4v) is 2.85. The molecule has 3 rings (SSSR count). The van der Waals surface area contributed by atoms with Crippen molar-refractivity contribution in [3.63, 3.8) is 0 Å². The highest BCUT2D eigenvalue weighted by Gasteiger charge is 2.15. The minimum Gasteiger partial charge on any atom is -0.497 e. The molecule has 0 amide bonds. The number of fused-ring (bicyclic) bond motifs is 1. The minimum atomic E-state index is -0.305. The molecule has 1 aliphatic carbocycles. The first-order chi connectivity index (χ1) is 9.67. The fraction of sp³-hybridized carbons (Fsp3) is 0.176. The molecule has 0 radical (unpaired) electrons. The summed E-state index contributed by atoms with van der Waals surface area (Å²) >= 11 is 6.14. The summed E-state index contributed by atoms with van der Waals surface area (Å²) in [4.78, 5) is 0. The van der Waals surface area contributed by atoms with Crippen molar-refractivity contribution < 1.29 is 9.13 Å². The summed E-state index contributed by atoms with van der Waals surface area (Å²) in [6, 6.07) is 10.6. The Labute approximate surface area is 122 Å². The van der Waals surface area contributed by atoms with E-state index in [1.165, 1.54) is 23.3 Å². The predicted octanol–water partition coefficient (Wildman–Crippen LogP) is 4.97. The Morgan fingerprint density at radius 1 is 1.10 bits per heavy atom. The third-order valence-corrected chi connectivity index (χ3v) is 3.93. The summed E-state index contributed by atoms with van der Waals surface area (Å²) in [5, 5.41) is 0.466. The van der Waals surface area contributed by atoms with Gasteiger partial charge in [0.25, 0.3) is 0 Å². The molecule has 0 unspecified atom stereocenters. The lowest BCUT2D eigenvalue weighted by Gasteiger charge is -2.18. The van der Waals surface area contributed by atoms with Crippen LogP contribution in [0, 0.1) is 5.82 Å². The molecule has 0 saturated carbocycles. The molecule has 0 atom stereocenters. The van der Waals surface area contributed by atoms with Gasteiger partial charge in [-0.15, -0.1) is 0 Å². The van der Waals surface area contributed by atoms with Crippen LogP contribution in [0.2, 0.25) is 5.02 Å². The van der Waals surface area contributed by atoms with Crippen LogP contribution in [0.5, 0.6) is 5.75 Å². The number of methoxy groups -OCH3 is 1. The lowest BCUT2D eigenvalue weighted by molar-refractivity contribution is 0.414. The van der Waals surface area contributed by atoms with E-state index in [2.05, 4.69) is 12.1 Å². The number of halogens is 2. The minimum absolute atomic E-state index is 0.305. The van der Waals surface area contributed by atoms with E-state index in [9.17, 15) is 4.39 Å². The second-order valence-corrected chi connectivity index (χ2v) is 5.27. The van der Waals surface area contributed by atoms with Crippen molar-refractivity contribution in [3.05, 3.63) is 63.9 Å². The molecule has 0 saturated heterocycles. The molecule has 1 aliphatic rings. The van der Waals surface area contributed by atoms with E-state index in [0.717, 1.165) is 29.7 Å². The third-order valence-electron chi connectivity index (χ3n) is 3.62. The number of aryl methyl sites for hydroxylation is 1. The van der Waals surface area contributed by atoms with Gasteiger partial charge in [-0.1, -0.05) is 29.8 Å². The van der Waals surface area contributed by atoms with Crippen molar-refractivity contribution in [1.29, 1.82) is 0 Å². The van der Waals surface area contributed by atoms with Crippen molar-refractivity contribution in [2.75, 3.05) is 7.11 Å². The highest BCUT2D eigenvalue weighted by atomic mass is 35.5. The maximum atomic E-state index is 13.1. The smallest absolute Gasteiger partial charge is 0.124 e. The topological polar surface area (TPSA) is 9.23 Å². The van der Waals surface area contributed by atoms with E-state index < -0.39 is 0 Å². The average molecular weight is 289 g/mol. The van der Waals surface area contributed by atoms with Gasteiger partial charge in [-0.05, 0) is 59.4 Å². The summed E-state index contributed by atoms with van der Waals surface area (Å²) in [7, 11) is 1.67. The third kappa shape index (κ3) is 2.44. The monoisotopic (exact) mass is 288 g/mol. The molecule has 0 fully saturated rings. The van der Waals surface area contributed by atoms with Crippen LogP contribution < -0.4 is 4.74 Å². The Balaban J connectivity index is 2.02. The first kappa shape index (κ1) is 13.2. The molecule has 0 bridgehead atoms. The fourth-order valence-electron chi connectivity index (χ4n) is 2.56. The van der Waals surface area contributed by atoms with Crippen molar-refractivity contribution in [2.24, 2.45) is 0 Å². The lowest BCUT2D eigenvalue weighted by Crippen LogP contribution is -2.00. The van der Waals surface area contributed by atoms with Crippen molar-refractivity contribution in [3.8, 4) is 5.75 Å². The SMILES string of the molecule is COc1ccc2c(c1)CCC(c1ccc(F)cc1Cl)=C2. The van der Waals surface area contributed by atoms with Gasteiger partial charge in [0.15, 0.2) is 0 Å². The second-order valence-electron chi connectivity index (χ2n) is 4.86. The summed E-state index contributed by atoms with van der Waals surface area (Å²) < 4.78 is 18.4. The molecule has 2 aromatic rings. The largest absolute Gasteiger partial charge is 0.497 e. The second kappa shape index (κ2) is 5.29. The molecule has 1 nitrogen and oxygen atoms in total. The van der Waals surface area contributed by atoms with Crippen molar-refractivity contribution in [1.82, 2.24) is 0 Å². The van der Waals surface area contributed by atoms with Crippen LogP contribution in [0.15, 0.2) is 36.4 Å². The quantitative estimate of drug-likeness (QED) is 0.758. The van der Waals surface area contributed by atoms with Gasteiger partial charge in [-0.3, -0.25) is 0 Å². The molecule has 0 heterocycles. The number of hydrogen-bond acceptors (Lipinski definition) is 1. The van der Waals surface area contributed by atoms with Crippen LogP contribution in [-0.2, 0) is 6.42 Å². The molecule has 0 aromatic heterocycles. The number of ether oxygens (including phenoxy) is 1. The Morgan fingerprint density at radius 3 is 2.70 bits per heavy atom. The Morgan fingerprint density at radius 2 is 1.95 bits per heavy atom. The van der Waals surface area contributed by atoms with Gasteiger partial charge in [0.05, 0.1) is 12.1 Å². The summed E-state index contributed by atoms with van der Waals surface area (Å²) in [5.41, 5.74) is 4.50. The zero-order valence-corrected chi connectivity index (χ0v) is 11.9. The summed E-state index contributed by atoms with van der Waals surface area (Å²) in [6.07, 6.45) is 3.95. The van der Waals surface area contributed by atoms with Crippen LogP contribution >= 0.6 is 11.6 Å². The predicted molar refractivity (Wildman–Crippen MR) is 80.6 cm³/mol. The van der Waals surface area contributed by atoms with Crippen LogP contribution in [0.25, 0.3) is 11.6 Å². The van der Waals surface area contributed by atoms with Gasteiger partial charge < -0.3 is 4.74 Å². The molecule has 102 valence electrons. The normalized spacial score (nSPS) is 13.7. The zero-order chi connectivity index (χ0) is 14.1. The highest BCUT2D eigenvalue weighted by Crippen LogP contribution is 2.35. The van der Waals surface area contributed by atoms with E-state index in [4.69, 9.17) is 16.3 Å². The van der Waals surface area contributed by atoms with Crippen LogP contribution in [0.3, 0.4) is 0 Å². The highest BCUT2D eigenvalue weighted by molar-refractivity contribution is 6.32. The first-order valence-corrected chi connectivity index (χ1v) is 6.88. The van der Waals surface area contributed by atoms with E-state index in [-0.39, 0.29) is 5.82 Å². The number of allylic oxidation sites excluding steroid dienone is 1. The van der Waals surface area contributed by atoms with Crippen LogP contribution in [-0.4, -0.2) is 7.11 Å². The van der Waals surface area contributed by atoms with Gasteiger partial charge in [0.1, 0.15) is 11.6 Å². The summed E-state index contributed by atoms with van der Waals surface area (Å²) in [6.45, 7) is 0. The lowest BCUT2D eigenvalue weighted by atomic mass is 9.88. The Kier molecular flexibility index (Phi) is 3.49. The molecule has 0 spiro atoms. The molecule has 20 heavy (non-hydrogen) atoms. The molecule has 2 aromatic carbocycles.